The van der Waals surface area contributed by atoms with Gasteiger partial charge in [0.1, 0.15) is 11.4 Å². The predicted octanol–water partition coefficient (Wildman–Crippen LogP) is 2.26. The molecule has 2 aromatic rings. The third-order valence-corrected chi connectivity index (χ3v) is 5.67. The molecule has 3 N–H and O–H groups in total. The van der Waals surface area contributed by atoms with Crippen molar-refractivity contribution in [3.63, 3.8) is 0 Å². The monoisotopic (exact) mass is 369 g/mol. The predicted molar refractivity (Wildman–Crippen MR) is 104 cm³/mol. The van der Waals surface area contributed by atoms with E-state index in [2.05, 4.69) is 25.4 Å². The Hall–Kier alpha value is -2.25. The summed E-state index contributed by atoms with van der Waals surface area (Å²) < 4.78 is 0. The molecule has 1 aromatic carbocycles. The number of aliphatic hydroxyl groups excluding tert-OH is 1. The Morgan fingerprint density at radius 2 is 2.00 bits per heavy atom. The van der Waals surface area contributed by atoms with Crippen molar-refractivity contribution >= 4 is 5.95 Å². The summed E-state index contributed by atoms with van der Waals surface area (Å²) in [5, 5.41) is 31.7. The van der Waals surface area contributed by atoms with Crippen molar-refractivity contribution in [1.29, 1.82) is 0 Å². The zero-order chi connectivity index (χ0) is 19.0. The first kappa shape index (κ1) is 18.1. The van der Waals surface area contributed by atoms with Crippen LogP contribution in [0, 0.1) is 13.8 Å². The van der Waals surface area contributed by atoms with Gasteiger partial charge in [0.15, 0.2) is 0 Å². The SMILES string of the molecule is Cc1cc(C)c(-c2cnc(N[C@@H]3CCCN(C4CC(O)C4)C3)nn2)c(O)c1. The summed E-state index contributed by atoms with van der Waals surface area (Å²) >= 11 is 0. The number of rotatable bonds is 4. The summed E-state index contributed by atoms with van der Waals surface area (Å²) in [6, 6.07) is 4.54. The molecule has 1 saturated heterocycles. The molecule has 2 fully saturated rings. The average molecular weight is 369 g/mol. The third-order valence-electron chi connectivity index (χ3n) is 5.67. The number of anilines is 1. The van der Waals surface area contributed by atoms with E-state index in [0.29, 0.717) is 29.3 Å². The van der Waals surface area contributed by atoms with Crippen molar-refractivity contribution in [2.24, 2.45) is 0 Å². The molecule has 0 radical (unpaired) electrons. The smallest absolute Gasteiger partial charge is 0.242 e. The highest BCUT2D eigenvalue weighted by Crippen LogP contribution is 2.32. The molecule has 0 amide bonds. The van der Waals surface area contributed by atoms with Crippen molar-refractivity contribution in [2.45, 2.75) is 57.7 Å². The number of aryl methyl sites for hydroxylation is 2. The molecule has 7 nitrogen and oxygen atoms in total. The quantitative estimate of drug-likeness (QED) is 0.761. The van der Waals surface area contributed by atoms with Crippen LogP contribution in [0.3, 0.4) is 0 Å². The number of phenols is 1. The number of aromatic nitrogens is 3. The number of hydrogen-bond acceptors (Lipinski definition) is 7. The van der Waals surface area contributed by atoms with E-state index in [1.54, 1.807) is 12.3 Å². The van der Waals surface area contributed by atoms with Crippen LogP contribution in [0.5, 0.6) is 5.75 Å². The average Bonchev–Trinajstić information content (AvgIpc) is 2.60. The lowest BCUT2D eigenvalue weighted by atomic mass is 9.86. The summed E-state index contributed by atoms with van der Waals surface area (Å²) in [4.78, 5) is 6.88. The second kappa shape index (κ2) is 7.40. The van der Waals surface area contributed by atoms with Crippen molar-refractivity contribution in [2.75, 3.05) is 18.4 Å². The highest BCUT2D eigenvalue weighted by atomic mass is 16.3. The van der Waals surface area contributed by atoms with Crippen LogP contribution in [0.2, 0.25) is 0 Å². The number of aliphatic hydroxyl groups is 1. The Morgan fingerprint density at radius 3 is 2.67 bits per heavy atom. The molecule has 1 aromatic heterocycles. The van der Waals surface area contributed by atoms with Gasteiger partial charge in [-0.25, -0.2) is 4.98 Å². The van der Waals surface area contributed by atoms with E-state index in [9.17, 15) is 10.2 Å². The number of piperidine rings is 1. The Morgan fingerprint density at radius 1 is 1.19 bits per heavy atom. The first-order valence-corrected chi connectivity index (χ1v) is 9.68. The summed E-state index contributed by atoms with van der Waals surface area (Å²) in [6.07, 6.45) is 5.53. The topological polar surface area (TPSA) is 94.4 Å². The van der Waals surface area contributed by atoms with Gasteiger partial charge in [-0.2, -0.15) is 0 Å². The molecule has 2 aliphatic rings. The molecule has 0 unspecified atom stereocenters. The number of aromatic hydroxyl groups is 1. The number of phenolic OH excluding ortho intramolecular Hbond substituents is 1. The van der Waals surface area contributed by atoms with Crippen molar-refractivity contribution in [3.8, 4) is 17.0 Å². The lowest BCUT2D eigenvalue weighted by Gasteiger charge is -2.44. The standard InChI is InChI=1S/C20H27N5O2/c1-12-6-13(2)19(18(27)7-12)17-10-21-20(24-23-17)22-14-4-3-5-25(11-14)15-8-16(26)9-15/h6-7,10,14-16,26-27H,3-5,8-9,11H2,1-2H3,(H,21,22,24)/t14-,15?,16?/m1/s1. The third kappa shape index (κ3) is 3.89. The normalized spacial score (nSPS) is 25.8. The Bertz CT molecular complexity index is 782. The van der Waals surface area contributed by atoms with Gasteiger partial charge in [0, 0.05) is 24.2 Å². The van der Waals surface area contributed by atoms with Gasteiger partial charge >= 0.3 is 0 Å². The highest BCUT2D eigenvalue weighted by molar-refractivity contribution is 5.70. The lowest BCUT2D eigenvalue weighted by Crippen LogP contribution is -2.53. The van der Waals surface area contributed by atoms with E-state index in [4.69, 9.17) is 0 Å². The van der Waals surface area contributed by atoms with E-state index in [0.717, 1.165) is 49.9 Å². The first-order valence-electron chi connectivity index (χ1n) is 9.68. The van der Waals surface area contributed by atoms with Crippen LogP contribution in [0.25, 0.3) is 11.3 Å². The van der Waals surface area contributed by atoms with Gasteiger partial charge in [0.25, 0.3) is 0 Å². The summed E-state index contributed by atoms with van der Waals surface area (Å²) in [6.45, 7) is 5.94. The van der Waals surface area contributed by atoms with Gasteiger partial charge in [-0.3, -0.25) is 4.90 Å². The molecule has 4 rings (SSSR count). The molecular formula is C20H27N5O2. The fraction of sp³-hybridized carbons (Fsp3) is 0.550. The van der Waals surface area contributed by atoms with Crippen LogP contribution in [0.15, 0.2) is 18.3 Å². The van der Waals surface area contributed by atoms with Gasteiger partial charge in [-0.1, -0.05) is 6.07 Å². The highest BCUT2D eigenvalue weighted by Gasteiger charge is 2.34. The van der Waals surface area contributed by atoms with Crippen molar-refractivity contribution < 1.29 is 10.2 Å². The fourth-order valence-corrected chi connectivity index (χ4v) is 4.23. The number of hydrogen-bond donors (Lipinski definition) is 3. The Balaban J connectivity index is 1.42. The number of nitrogens with one attached hydrogen (secondary N) is 1. The van der Waals surface area contributed by atoms with Gasteiger partial charge in [0.05, 0.1) is 12.3 Å². The Kier molecular flexibility index (Phi) is 4.97. The molecule has 7 heteroatoms. The maximum absolute atomic E-state index is 10.3. The second-order valence-corrected chi connectivity index (χ2v) is 7.90. The summed E-state index contributed by atoms with van der Waals surface area (Å²) in [7, 11) is 0. The molecule has 1 saturated carbocycles. The molecule has 0 bridgehead atoms. The maximum atomic E-state index is 10.3. The minimum Gasteiger partial charge on any atom is -0.507 e. The number of benzene rings is 1. The van der Waals surface area contributed by atoms with Crippen LogP contribution in [-0.2, 0) is 0 Å². The van der Waals surface area contributed by atoms with Gasteiger partial charge < -0.3 is 15.5 Å². The first-order chi connectivity index (χ1) is 13.0. The van der Waals surface area contributed by atoms with Crippen LogP contribution in [-0.4, -0.2) is 61.6 Å². The van der Waals surface area contributed by atoms with E-state index >= 15 is 0 Å². The van der Waals surface area contributed by atoms with Crippen LogP contribution in [0.4, 0.5) is 5.95 Å². The zero-order valence-corrected chi connectivity index (χ0v) is 15.9. The molecular weight excluding hydrogens is 342 g/mol. The zero-order valence-electron chi connectivity index (χ0n) is 15.9. The van der Waals surface area contributed by atoms with Crippen LogP contribution >= 0.6 is 0 Å². The van der Waals surface area contributed by atoms with E-state index in [1.165, 1.54) is 0 Å². The molecule has 27 heavy (non-hydrogen) atoms. The minimum atomic E-state index is -0.120. The van der Waals surface area contributed by atoms with Crippen LogP contribution in [0.1, 0.15) is 36.8 Å². The lowest BCUT2D eigenvalue weighted by molar-refractivity contribution is -0.00729. The van der Waals surface area contributed by atoms with Gasteiger partial charge in [-0.15, -0.1) is 10.2 Å². The Labute approximate surface area is 159 Å². The van der Waals surface area contributed by atoms with Crippen LogP contribution < -0.4 is 5.32 Å². The maximum Gasteiger partial charge on any atom is 0.242 e. The van der Waals surface area contributed by atoms with Crippen molar-refractivity contribution in [1.82, 2.24) is 20.1 Å². The van der Waals surface area contributed by atoms with E-state index in [1.807, 2.05) is 19.9 Å². The second-order valence-electron chi connectivity index (χ2n) is 7.90. The fourth-order valence-electron chi connectivity index (χ4n) is 4.23. The molecule has 1 atom stereocenters. The summed E-state index contributed by atoms with van der Waals surface area (Å²) in [5.74, 6) is 0.721. The number of likely N-dealkylation sites (tertiary alicyclic amines) is 1. The number of nitrogens with zero attached hydrogens (tertiary/aromatic N) is 4. The molecule has 144 valence electrons. The largest absolute Gasteiger partial charge is 0.507 e. The molecule has 0 spiro atoms. The van der Waals surface area contributed by atoms with Gasteiger partial charge in [0.2, 0.25) is 5.95 Å². The molecule has 2 heterocycles. The van der Waals surface area contributed by atoms with E-state index in [-0.39, 0.29) is 11.9 Å². The van der Waals surface area contributed by atoms with Gasteiger partial charge in [-0.05, 0) is 63.3 Å². The van der Waals surface area contributed by atoms with Crippen molar-refractivity contribution in [3.05, 3.63) is 29.5 Å². The van der Waals surface area contributed by atoms with E-state index < -0.39 is 0 Å². The minimum absolute atomic E-state index is 0.120. The molecule has 1 aliphatic heterocycles. The summed E-state index contributed by atoms with van der Waals surface area (Å²) in [5.41, 5.74) is 3.22. The molecule has 1 aliphatic carbocycles.